The number of anilines is 1. The minimum Gasteiger partial charge on any atom is -0.352 e. The monoisotopic (exact) mass is 304 g/mol. The second-order valence-electron chi connectivity index (χ2n) is 5.10. The van der Waals surface area contributed by atoms with Crippen molar-refractivity contribution in [2.24, 2.45) is 0 Å². The molecule has 4 nitrogen and oxygen atoms in total. The predicted molar refractivity (Wildman–Crippen MR) is 87.3 cm³/mol. The van der Waals surface area contributed by atoms with Crippen LogP contribution in [0.5, 0.6) is 0 Å². The minimum atomic E-state index is -0.279. The third kappa shape index (κ3) is 3.67. The van der Waals surface area contributed by atoms with E-state index in [2.05, 4.69) is 17.6 Å². The van der Waals surface area contributed by atoms with Crippen molar-refractivity contribution in [1.82, 2.24) is 5.32 Å². The maximum Gasteiger partial charge on any atom is 0.257 e. The van der Waals surface area contributed by atoms with Gasteiger partial charge in [0, 0.05) is 12.2 Å². The van der Waals surface area contributed by atoms with E-state index in [0.29, 0.717) is 17.3 Å². The summed E-state index contributed by atoms with van der Waals surface area (Å²) in [5.74, 6) is -0.0691. The molecule has 1 aliphatic heterocycles. The van der Waals surface area contributed by atoms with Crippen molar-refractivity contribution >= 4 is 29.1 Å². The minimum absolute atomic E-state index is 0.111. The van der Waals surface area contributed by atoms with Gasteiger partial charge < -0.3 is 10.6 Å². The second kappa shape index (κ2) is 6.80. The number of rotatable bonds is 5. The Bertz CT molecular complexity index is 608. The van der Waals surface area contributed by atoms with Crippen molar-refractivity contribution in [1.29, 1.82) is 0 Å². The molecule has 1 aromatic carbocycles. The zero-order valence-corrected chi connectivity index (χ0v) is 13.4. The molecule has 0 spiro atoms. The number of nitrogens with one attached hydrogen (secondary N) is 2. The lowest BCUT2D eigenvalue weighted by Crippen LogP contribution is -2.29. The maximum absolute atomic E-state index is 12.1. The Labute approximate surface area is 129 Å². The van der Waals surface area contributed by atoms with E-state index >= 15 is 0 Å². The summed E-state index contributed by atoms with van der Waals surface area (Å²) >= 11 is 1.38. The molecule has 2 N–H and O–H groups in total. The molecule has 1 aromatic rings. The second-order valence-corrected chi connectivity index (χ2v) is 6.08. The van der Waals surface area contributed by atoms with Crippen LogP contribution in [0.2, 0.25) is 0 Å². The van der Waals surface area contributed by atoms with Crippen LogP contribution in [0.1, 0.15) is 24.5 Å². The summed E-state index contributed by atoms with van der Waals surface area (Å²) in [5.41, 5.74) is 3.54. The summed E-state index contributed by atoms with van der Waals surface area (Å²) in [4.78, 5) is 24.0. The van der Waals surface area contributed by atoms with Crippen LogP contribution in [0.15, 0.2) is 28.8 Å². The van der Waals surface area contributed by atoms with Crippen LogP contribution in [-0.4, -0.2) is 24.0 Å². The smallest absolute Gasteiger partial charge is 0.257 e. The zero-order valence-electron chi connectivity index (χ0n) is 12.6. The summed E-state index contributed by atoms with van der Waals surface area (Å²) < 4.78 is 0. The Kier molecular flexibility index (Phi) is 5.07. The fourth-order valence-corrected chi connectivity index (χ4v) is 2.97. The zero-order chi connectivity index (χ0) is 15.4. The average Bonchev–Trinajstić information content (AvgIpc) is 2.81. The van der Waals surface area contributed by atoms with Gasteiger partial charge in [0.05, 0.1) is 10.8 Å². The van der Waals surface area contributed by atoms with Crippen LogP contribution in [0, 0.1) is 13.8 Å². The highest BCUT2D eigenvalue weighted by Crippen LogP contribution is 2.30. The molecule has 0 radical (unpaired) electrons. The first kappa shape index (κ1) is 15.6. The van der Waals surface area contributed by atoms with E-state index in [-0.39, 0.29) is 17.3 Å². The first-order valence-corrected chi connectivity index (χ1v) is 8.04. The van der Waals surface area contributed by atoms with Gasteiger partial charge in [0.15, 0.2) is 5.78 Å². The summed E-state index contributed by atoms with van der Waals surface area (Å²) in [6.45, 7) is 6.65. The highest BCUT2D eigenvalue weighted by atomic mass is 32.2. The Morgan fingerprint density at radius 1 is 1.29 bits per heavy atom. The topological polar surface area (TPSA) is 58.2 Å². The van der Waals surface area contributed by atoms with Gasteiger partial charge in [-0.3, -0.25) is 9.59 Å². The number of ketones is 1. The van der Waals surface area contributed by atoms with E-state index in [9.17, 15) is 9.59 Å². The Hall–Kier alpha value is -1.75. The Morgan fingerprint density at radius 3 is 2.71 bits per heavy atom. The van der Waals surface area contributed by atoms with Crippen LogP contribution < -0.4 is 10.6 Å². The van der Waals surface area contributed by atoms with Crippen molar-refractivity contribution in [2.45, 2.75) is 27.2 Å². The third-order valence-corrected chi connectivity index (χ3v) is 4.38. The summed E-state index contributed by atoms with van der Waals surface area (Å²) in [5, 5.41) is 6.63. The van der Waals surface area contributed by atoms with Crippen LogP contribution in [0.3, 0.4) is 0 Å². The fourth-order valence-electron chi connectivity index (χ4n) is 2.01. The molecule has 5 heteroatoms. The van der Waals surface area contributed by atoms with E-state index in [1.165, 1.54) is 22.9 Å². The summed E-state index contributed by atoms with van der Waals surface area (Å²) in [6.07, 6.45) is 0.847. The number of hydrogen-bond donors (Lipinski definition) is 2. The first-order valence-electron chi connectivity index (χ1n) is 7.05. The van der Waals surface area contributed by atoms with E-state index in [1.807, 2.05) is 32.0 Å². The first-order chi connectivity index (χ1) is 10.0. The molecule has 0 aromatic heterocycles. The van der Waals surface area contributed by atoms with Gasteiger partial charge in [0.25, 0.3) is 5.91 Å². The molecular weight excluding hydrogens is 284 g/mol. The van der Waals surface area contributed by atoms with Crippen LogP contribution in [0.25, 0.3) is 0 Å². The largest absolute Gasteiger partial charge is 0.352 e. The van der Waals surface area contributed by atoms with Gasteiger partial charge in [-0.05, 0) is 43.5 Å². The van der Waals surface area contributed by atoms with Crippen LogP contribution >= 0.6 is 11.8 Å². The van der Waals surface area contributed by atoms with Gasteiger partial charge in [-0.15, -0.1) is 0 Å². The molecule has 0 aliphatic carbocycles. The molecule has 0 unspecified atom stereocenters. The van der Waals surface area contributed by atoms with Crippen molar-refractivity contribution in [3.63, 3.8) is 0 Å². The van der Waals surface area contributed by atoms with Gasteiger partial charge in [-0.1, -0.05) is 24.8 Å². The molecule has 1 amide bonds. The normalized spacial score (nSPS) is 14.5. The number of amides is 1. The molecule has 1 heterocycles. The predicted octanol–water partition coefficient (Wildman–Crippen LogP) is 2.77. The van der Waals surface area contributed by atoms with Crippen molar-refractivity contribution in [3.8, 4) is 0 Å². The highest BCUT2D eigenvalue weighted by molar-refractivity contribution is 8.04. The van der Waals surface area contributed by atoms with E-state index in [4.69, 9.17) is 0 Å². The number of aryl methyl sites for hydroxylation is 2. The number of benzene rings is 1. The van der Waals surface area contributed by atoms with Crippen molar-refractivity contribution in [3.05, 3.63) is 39.9 Å². The Balaban J connectivity index is 2.22. The molecule has 112 valence electrons. The molecule has 0 saturated heterocycles. The Morgan fingerprint density at radius 2 is 2.05 bits per heavy atom. The number of thioether (sulfide) groups is 1. The van der Waals surface area contributed by atoms with E-state index in [1.54, 1.807) is 0 Å². The number of Topliss-reactive ketones (excluding diaryl/α,β-unsaturated/α-hetero) is 1. The molecule has 0 bridgehead atoms. The molecule has 0 fully saturated rings. The number of hydrogen-bond acceptors (Lipinski definition) is 4. The quantitative estimate of drug-likeness (QED) is 0.821. The standard InChI is InChI=1S/C16H20N2O2S/c1-4-7-17-15(20)14-13(19)9-21-16(14)18-12-6-5-10(2)11(3)8-12/h5-6,8,18H,4,7,9H2,1-3H3,(H,17,20). The average molecular weight is 304 g/mol. The fraction of sp³-hybridized carbons (Fsp3) is 0.375. The molecule has 1 aliphatic rings. The van der Waals surface area contributed by atoms with Gasteiger partial charge in [0.2, 0.25) is 0 Å². The molecule has 0 atom stereocenters. The molecular formula is C16H20N2O2S. The molecule has 2 rings (SSSR count). The highest BCUT2D eigenvalue weighted by Gasteiger charge is 2.29. The van der Waals surface area contributed by atoms with Crippen molar-refractivity contribution < 1.29 is 9.59 Å². The SMILES string of the molecule is CCCNC(=O)C1=C(Nc2ccc(C)c(C)c2)SCC1=O. The van der Waals surface area contributed by atoms with E-state index in [0.717, 1.165) is 12.1 Å². The number of carbonyl (C=O) groups is 2. The van der Waals surface area contributed by atoms with Gasteiger partial charge in [0.1, 0.15) is 5.57 Å². The van der Waals surface area contributed by atoms with Gasteiger partial charge in [-0.2, -0.15) is 0 Å². The number of carbonyl (C=O) groups excluding carboxylic acids is 2. The van der Waals surface area contributed by atoms with Crippen LogP contribution in [0.4, 0.5) is 5.69 Å². The molecule has 0 saturated carbocycles. The molecule has 21 heavy (non-hydrogen) atoms. The van der Waals surface area contributed by atoms with Crippen molar-refractivity contribution in [2.75, 3.05) is 17.6 Å². The summed E-state index contributed by atoms with van der Waals surface area (Å²) in [6, 6.07) is 6.00. The van der Waals surface area contributed by atoms with E-state index < -0.39 is 0 Å². The lowest BCUT2D eigenvalue weighted by molar-refractivity contribution is -0.121. The third-order valence-electron chi connectivity index (χ3n) is 3.38. The summed E-state index contributed by atoms with van der Waals surface area (Å²) in [7, 11) is 0. The lowest BCUT2D eigenvalue weighted by atomic mass is 10.1. The lowest BCUT2D eigenvalue weighted by Gasteiger charge is -2.11. The maximum atomic E-state index is 12.1. The van der Waals surface area contributed by atoms with Gasteiger partial charge in [-0.25, -0.2) is 0 Å². The van der Waals surface area contributed by atoms with Crippen LogP contribution in [-0.2, 0) is 9.59 Å². The van der Waals surface area contributed by atoms with Gasteiger partial charge >= 0.3 is 0 Å².